The Morgan fingerprint density at radius 1 is 1.38 bits per heavy atom. The first-order chi connectivity index (χ1) is 7.40. The molecular weight excluding hydrogens is 196 g/mol. The maximum absolute atomic E-state index is 4.03. The number of hydrogen-bond donors (Lipinski definition) is 0. The molecule has 0 N–H and O–H groups in total. The van der Waals surface area contributed by atoms with Crippen molar-refractivity contribution in [3.63, 3.8) is 0 Å². The maximum Gasteiger partial charge on any atom is 0.0521 e. The van der Waals surface area contributed by atoms with Crippen molar-refractivity contribution in [1.29, 1.82) is 0 Å². The molecule has 2 nitrogen and oxygen atoms in total. The van der Waals surface area contributed by atoms with Gasteiger partial charge in [0.25, 0.3) is 0 Å². The quantitative estimate of drug-likeness (QED) is 0.496. The van der Waals surface area contributed by atoms with Crippen LogP contribution in [0.3, 0.4) is 0 Å². The minimum Gasteiger partial charge on any atom is -0.372 e. The van der Waals surface area contributed by atoms with Crippen LogP contribution in [0.2, 0.25) is 0 Å². The Bertz CT molecular complexity index is 283. The van der Waals surface area contributed by atoms with Crippen molar-refractivity contribution in [2.24, 2.45) is 10.9 Å². The van der Waals surface area contributed by atoms with E-state index in [2.05, 4.69) is 51.2 Å². The summed E-state index contributed by atoms with van der Waals surface area (Å²) in [7, 11) is 3.94. The number of rotatable bonds is 6. The molecule has 16 heavy (non-hydrogen) atoms. The second kappa shape index (κ2) is 7.26. The molecule has 0 aliphatic carbocycles. The lowest BCUT2D eigenvalue weighted by Crippen LogP contribution is -2.25. The van der Waals surface area contributed by atoms with Crippen LogP contribution in [0.25, 0.3) is 0 Å². The zero-order valence-corrected chi connectivity index (χ0v) is 11.7. The van der Waals surface area contributed by atoms with Crippen molar-refractivity contribution < 1.29 is 0 Å². The van der Waals surface area contributed by atoms with E-state index < -0.39 is 0 Å². The molecule has 0 radical (unpaired) electrons. The fourth-order valence-corrected chi connectivity index (χ4v) is 2.17. The number of aliphatic imine (C=N–C) groups is 1. The lowest BCUT2D eigenvalue weighted by molar-refractivity contribution is 0.402. The zero-order valence-electron chi connectivity index (χ0n) is 11.7. The van der Waals surface area contributed by atoms with Crippen LogP contribution < -0.4 is 0 Å². The van der Waals surface area contributed by atoms with Crippen LogP contribution in [-0.4, -0.2) is 31.8 Å². The van der Waals surface area contributed by atoms with E-state index in [1.807, 2.05) is 13.3 Å². The minimum absolute atomic E-state index is 0.526. The van der Waals surface area contributed by atoms with E-state index in [1.54, 1.807) is 0 Å². The van der Waals surface area contributed by atoms with Crippen LogP contribution >= 0.6 is 0 Å². The molecule has 0 rings (SSSR count). The summed E-state index contributed by atoms with van der Waals surface area (Å²) in [4.78, 5) is 6.30. The summed E-state index contributed by atoms with van der Waals surface area (Å²) in [5.74, 6) is 0.526. The van der Waals surface area contributed by atoms with Gasteiger partial charge in [0.1, 0.15) is 0 Å². The number of nitrogens with zero attached hydrogens (tertiary/aromatic N) is 2. The molecule has 0 bridgehead atoms. The van der Waals surface area contributed by atoms with E-state index in [0.717, 1.165) is 13.0 Å². The van der Waals surface area contributed by atoms with Gasteiger partial charge in [-0.25, -0.2) is 0 Å². The molecule has 0 aromatic rings. The second-order valence-electron chi connectivity index (χ2n) is 4.77. The Morgan fingerprint density at radius 3 is 2.31 bits per heavy atom. The monoisotopic (exact) mass is 222 g/mol. The SMILES string of the molecule is C=C(C)CC(C)C(=C(C)C)N(C)CC=NC. The molecule has 0 aromatic carbocycles. The number of allylic oxidation sites excluding steroid dienone is 3. The Morgan fingerprint density at radius 2 is 1.94 bits per heavy atom. The third kappa shape index (κ3) is 5.15. The predicted molar refractivity (Wildman–Crippen MR) is 74.0 cm³/mol. The molecule has 0 aliphatic rings. The number of hydrogen-bond acceptors (Lipinski definition) is 2. The average Bonchev–Trinajstić information content (AvgIpc) is 2.12. The van der Waals surface area contributed by atoms with Gasteiger partial charge < -0.3 is 4.90 Å². The van der Waals surface area contributed by atoms with Crippen LogP contribution in [0, 0.1) is 5.92 Å². The highest BCUT2D eigenvalue weighted by Crippen LogP contribution is 2.23. The van der Waals surface area contributed by atoms with Gasteiger partial charge in [0.2, 0.25) is 0 Å². The molecule has 0 aromatic heterocycles. The molecule has 0 saturated heterocycles. The molecule has 0 spiro atoms. The molecule has 92 valence electrons. The van der Waals surface area contributed by atoms with Gasteiger partial charge in [-0.05, 0) is 33.1 Å². The van der Waals surface area contributed by atoms with E-state index in [4.69, 9.17) is 0 Å². The summed E-state index contributed by atoms with van der Waals surface area (Å²) in [5, 5.41) is 0. The molecular formula is C14H26N2. The standard InChI is InChI=1S/C14H26N2/c1-11(2)10-13(5)14(12(3)4)16(7)9-8-15-6/h8,13H,1,9-10H2,2-7H3. The van der Waals surface area contributed by atoms with Crippen molar-refractivity contribution in [1.82, 2.24) is 4.90 Å². The van der Waals surface area contributed by atoms with E-state index in [9.17, 15) is 0 Å². The fourth-order valence-electron chi connectivity index (χ4n) is 2.17. The van der Waals surface area contributed by atoms with Crippen LogP contribution in [0.1, 0.15) is 34.1 Å². The average molecular weight is 222 g/mol. The third-order valence-electron chi connectivity index (χ3n) is 2.58. The van der Waals surface area contributed by atoms with Crippen molar-refractivity contribution in [2.75, 3.05) is 20.6 Å². The van der Waals surface area contributed by atoms with Crippen molar-refractivity contribution in [3.8, 4) is 0 Å². The molecule has 0 heterocycles. The first kappa shape index (κ1) is 14.9. The highest BCUT2D eigenvalue weighted by molar-refractivity contribution is 5.59. The van der Waals surface area contributed by atoms with E-state index in [-0.39, 0.29) is 0 Å². The largest absolute Gasteiger partial charge is 0.372 e. The molecule has 0 aliphatic heterocycles. The smallest absolute Gasteiger partial charge is 0.0521 e. The van der Waals surface area contributed by atoms with Crippen LogP contribution in [0.15, 0.2) is 28.4 Å². The van der Waals surface area contributed by atoms with Crippen LogP contribution in [0.4, 0.5) is 0 Å². The fraction of sp³-hybridized carbons (Fsp3) is 0.643. The van der Waals surface area contributed by atoms with Crippen LogP contribution in [-0.2, 0) is 0 Å². The topological polar surface area (TPSA) is 15.6 Å². The van der Waals surface area contributed by atoms with Gasteiger partial charge in [0.05, 0.1) is 6.54 Å². The molecule has 0 fully saturated rings. The van der Waals surface area contributed by atoms with Gasteiger partial charge >= 0.3 is 0 Å². The normalized spacial score (nSPS) is 12.6. The van der Waals surface area contributed by atoms with Gasteiger partial charge in [-0.2, -0.15) is 0 Å². The molecule has 1 unspecified atom stereocenters. The molecule has 2 heteroatoms. The van der Waals surface area contributed by atoms with E-state index >= 15 is 0 Å². The molecule has 0 saturated carbocycles. The Balaban J connectivity index is 4.75. The summed E-state index contributed by atoms with van der Waals surface area (Å²) in [6.45, 7) is 13.6. The van der Waals surface area contributed by atoms with E-state index in [0.29, 0.717) is 5.92 Å². The lowest BCUT2D eigenvalue weighted by Gasteiger charge is -2.28. The van der Waals surface area contributed by atoms with Gasteiger partial charge in [-0.15, -0.1) is 6.58 Å². The maximum atomic E-state index is 4.03. The van der Waals surface area contributed by atoms with E-state index in [1.165, 1.54) is 16.8 Å². The summed E-state index contributed by atoms with van der Waals surface area (Å²) in [5.41, 5.74) is 4.02. The van der Waals surface area contributed by atoms with Gasteiger partial charge in [-0.3, -0.25) is 4.99 Å². The minimum atomic E-state index is 0.526. The first-order valence-corrected chi connectivity index (χ1v) is 5.83. The van der Waals surface area contributed by atoms with Gasteiger partial charge in [-0.1, -0.05) is 18.1 Å². The molecule has 1 atom stereocenters. The van der Waals surface area contributed by atoms with Crippen molar-refractivity contribution in [3.05, 3.63) is 23.4 Å². The first-order valence-electron chi connectivity index (χ1n) is 5.83. The Kier molecular flexibility index (Phi) is 6.78. The summed E-state index contributed by atoms with van der Waals surface area (Å²) in [6, 6.07) is 0. The van der Waals surface area contributed by atoms with Crippen molar-refractivity contribution in [2.45, 2.75) is 34.1 Å². The second-order valence-corrected chi connectivity index (χ2v) is 4.77. The van der Waals surface area contributed by atoms with Crippen molar-refractivity contribution >= 4 is 6.21 Å². The van der Waals surface area contributed by atoms with Gasteiger partial charge in [0.15, 0.2) is 0 Å². The summed E-state index contributed by atoms with van der Waals surface area (Å²) < 4.78 is 0. The highest BCUT2D eigenvalue weighted by Gasteiger charge is 2.14. The summed E-state index contributed by atoms with van der Waals surface area (Å²) in [6.07, 6.45) is 2.99. The zero-order chi connectivity index (χ0) is 12.7. The highest BCUT2D eigenvalue weighted by atomic mass is 15.1. The van der Waals surface area contributed by atoms with Crippen LogP contribution in [0.5, 0.6) is 0 Å². The predicted octanol–water partition coefficient (Wildman–Crippen LogP) is 3.52. The van der Waals surface area contributed by atoms with Gasteiger partial charge in [0, 0.05) is 26.0 Å². The Labute approximate surface area is 101 Å². The Hall–Kier alpha value is -1.05. The lowest BCUT2D eigenvalue weighted by atomic mass is 9.96. The molecule has 0 amide bonds. The summed E-state index contributed by atoms with van der Waals surface area (Å²) >= 11 is 0. The third-order valence-corrected chi connectivity index (χ3v) is 2.58.